The summed E-state index contributed by atoms with van der Waals surface area (Å²) in [6.07, 6.45) is 2.63. The van der Waals surface area contributed by atoms with Crippen LogP contribution in [-0.4, -0.2) is 48.8 Å². The van der Waals surface area contributed by atoms with E-state index in [-0.39, 0.29) is 33.1 Å². The number of carbonyl (C=O) groups is 2. The van der Waals surface area contributed by atoms with Gasteiger partial charge in [-0.3, -0.25) is 10.1 Å². The van der Waals surface area contributed by atoms with Crippen molar-refractivity contribution >= 4 is 38.4 Å². The Bertz CT molecular complexity index is 1370. The molecule has 3 aromatic rings. The second-order valence-corrected chi connectivity index (χ2v) is 11.6. The second kappa shape index (κ2) is 10.9. The number of piperidine rings is 1. The monoisotopic (exact) mass is 527 g/mol. The van der Waals surface area contributed by atoms with Crippen LogP contribution in [0.25, 0.3) is 11.3 Å². The summed E-state index contributed by atoms with van der Waals surface area (Å²) in [6, 6.07) is 13.7. The molecule has 0 saturated carbocycles. The van der Waals surface area contributed by atoms with Crippen LogP contribution < -0.4 is 5.32 Å². The van der Waals surface area contributed by atoms with E-state index in [1.165, 1.54) is 10.4 Å². The van der Waals surface area contributed by atoms with E-state index in [0.717, 1.165) is 36.2 Å². The molecule has 1 saturated heterocycles. The molecule has 36 heavy (non-hydrogen) atoms. The maximum Gasteiger partial charge on any atom is 0.350 e. The minimum absolute atomic E-state index is 0.0864. The molecule has 1 aliphatic rings. The van der Waals surface area contributed by atoms with Gasteiger partial charge in [-0.1, -0.05) is 54.2 Å². The molecule has 4 rings (SSSR count). The molecule has 1 fully saturated rings. The fourth-order valence-corrected chi connectivity index (χ4v) is 6.84. The van der Waals surface area contributed by atoms with Gasteiger partial charge in [-0.05, 0) is 51.3 Å². The molecule has 1 aliphatic heterocycles. The normalized spacial score (nSPS) is 16.5. The average Bonchev–Trinajstić information content (AvgIpc) is 3.29. The van der Waals surface area contributed by atoms with E-state index in [1.54, 1.807) is 26.0 Å². The summed E-state index contributed by atoms with van der Waals surface area (Å²) >= 11 is 1.02. The van der Waals surface area contributed by atoms with Crippen LogP contribution in [0.2, 0.25) is 0 Å². The number of aryl methyl sites for hydroxylation is 1. The number of carbonyl (C=O) groups excluding carboxylic acids is 2. The molecule has 190 valence electrons. The van der Waals surface area contributed by atoms with E-state index < -0.39 is 21.9 Å². The van der Waals surface area contributed by atoms with Crippen molar-refractivity contribution in [1.82, 2.24) is 9.29 Å². The summed E-state index contributed by atoms with van der Waals surface area (Å²) in [5.41, 5.74) is 2.00. The molecule has 0 bridgehead atoms. The van der Waals surface area contributed by atoms with Crippen LogP contribution in [0.4, 0.5) is 5.13 Å². The fraction of sp³-hybridized carbons (Fsp3) is 0.346. The van der Waals surface area contributed by atoms with E-state index in [2.05, 4.69) is 10.3 Å². The highest BCUT2D eigenvalue weighted by molar-refractivity contribution is 7.89. The maximum absolute atomic E-state index is 13.3. The Balaban J connectivity index is 1.64. The van der Waals surface area contributed by atoms with Gasteiger partial charge in [0.15, 0.2) is 5.13 Å². The third-order valence-electron chi connectivity index (χ3n) is 6.16. The van der Waals surface area contributed by atoms with Gasteiger partial charge in [-0.15, -0.1) is 0 Å². The first-order valence-electron chi connectivity index (χ1n) is 11.9. The number of hydrogen-bond donors (Lipinski definition) is 1. The lowest BCUT2D eigenvalue weighted by atomic mass is 10.1. The first kappa shape index (κ1) is 26.0. The summed E-state index contributed by atoms with van der Waals surface area (Å²) in [4.78, 5) is 30.7. The first-order valence-corrected chi connectivity index (χ1v) is 14.1. The Kier molecular flexibility index (Phi) is 7.87. The van der Waals surface area contributed by atoms with Crippen molar-refractivity contribution in [3.63, 3.8) is 0 Å². The predicted octanol–water partition coefficient (Wildman–Crippen LogP) is 5.11. The SMILES string of the molecule is CCOC(=O)c1sc(NC(=O)c2cc(S(=O)(=O)N3CCCC[C@@H]3C)ccc2C)nc1-c1ccccc1. The molecular formula is C26H29N3O5S2. The minimum Gasteiger partial charge on any atom is -0.462 e. The third kappa shape index (κ3) is 5.35. The quantitative estimate of drug-likeness (QED) is 0.428. The number of thiazole rings is 1. The summed E-state index contributed by atoms with van der Waals surface area (Å²) in [7, 11) is -3.73. The van der Waals surface area contributed by atoms with Crippen LogP contribution in [0, 0.1) is 6.92 Å². The van der Waals surface area contributed by atoms with E-state index in [0.29, 0.717) is 17.8 Å². The molecule has 8 nitrogen and oxygen atoms in total. The zero-order valence-corrected chi connectivity index (χ0v) is 22.1. The Morgan fingerprint density at radius 3 is 2.61 bits per heavy atom. The summed E-state index contributed by atoms with van der Waals surface area (Å²) in [6.45, 7) is 6.06. The van der Waals surface area contributed by atoms with Gasteiger partial charge in [0.1, 0.15) is 4.88 Å². The van der Waals surface area contributed by atoms with Crippen molar-refractivity contribution < 1.29 is 22.7 Å². The van der Waals surface area contributed by atoms with Gasteiger partial charge in [0.25, 0.3) is 5.91 Å². The van der Waals surface area contributed by atoms with Crippen molar-refractivity contribution in [2.24, 2.45) is 0 Å². The van der Waals surface area contributed by atoms with Crippen LogP contribution in [-0.2, 0) is 14.8 Å². The second-order valence-electron chi connectivity index (χ2n) is 8.67. The highest BCUT2D eigenvalue weighted by Crippen LogP contribution is 2.32. The van der Waals surface area contributed by atoms with E-state index in [9.17, 15) is 18.0 Å². The molecule has 2 heterocycles. The summed E-state index contributed by atoms with van der Waals surface area (Å²) < 4.78 is 33.3. The zero-order valence-electron chi connectivity index (χ0n) is 20.5. The van der Waals surface area contributed by atoms with Crippen LogP contribution in [0.5, 0.6) is 0 Å². The number of anilines is 1. The summed E-state index contributed by atoms with van der Waals surface area (Å²) in [5, 5.41) is 2.97. The molecule has 1 amide bonds. The highest BCUT2D eigenvalue weighted by atomic mass is 32.2. The average molecular weight is 528 g/mol. The molecule has 1 N–H and O–H groups in total. The van der Waals surface area contributed by atoms with Crippen molar-refractivity contribution in [2.75, 3.05) is 18.5 Å². The van der Waals surface area contributed by atoms with Crippen LogP contribution >= 0.6 is 11.3 Å². The fourth-order valence-electron chi connectivity index (χ4n) is 4.24. The lowest BCUT2D eigenvalue weighted by Gasteiger charge is -2.32. The number of esters is 1. The number of nitrogens with zero attached hydrogens (tertiary/aromatic N) is 2. The molecule has 1 aromatic heterocycles. The van der Waals surface area contributed by atoms with E-state index in [1.807, 2.05) is 37.3 Å². The smallest absolute Gasteiger partial charge is 0.350 e. The molecule has 0 spiro atoms. The molecule has 0 unspecified atom stereocenters. The van der Waals surface area contributed by atoms with Gasteiger partial charge in [0.05, 0.1) is 17.2 Å². The predicted molar refractivity (Wildman–Crippen MR) is 140 cm³/mol. The number of rotatable bonds is 7. The van der Waals surface area contributed by atoms with E-state index in [4.69, 9.17) is 4.74 Å². The van der Waals surface area contributed by atoms with Crippen molar-refractivity contribution in [2.45, 2.75) is 51.0 Å². The van der Waals surface area contributed by atoms with Crippen molar-refractivity contribution in [1.29, 1.82) is 0 Å². The third-order valence-corrected chi connectivity index (χ3v) is 9.12. The van der Waals surface area contributed by atoms with Crippen LogP contribution in [0.15, 0.2) is 53.4 Å². The zero-order chi connectivity index (χ0) is 25.9. The van der Waals surface area contributed by atoms with Gasteiger partial charge in [-0.2, -0.15) is 4.31 Å². The topological polar surface area (TPSA) is 106 Å². The Morgan fingerprint density at radius 1 is 1.17 bits per heavy atom. The Hall–Kier alpha value is -3.08. The summed E-state index contributed by atoms with van der Waals surface area (Å²) in [5.74, 6) is -1.02. The van der Waals surface area contributed by atoms with E-state index >= 15 is 0 Å². The first-order chi connectivity index (χ1) is 17.2. The number of amides is 1. The van der Waals surface area contributed by atoms with Gasteiger partial charge in [-0.25, -0.2) is 18.2 Å². The molecule has 0 aliphatic carbocycles. The number of sulfonamides is 1. The van der Waals surface area contributed by atoms with Crippen molar-refractivity contribution in [3.05, 3.63) is 64.5 Å². The Labute approximate surface area is 215 Å². The standard InChI is InChI=1S/C26H29N3O5S2/c1-4-34-25(31)23-22(19-11-6-5-7-12-19)27-26(35-23)28-24(30)21-16-20(14-13-17(21)2)36(32,33)29-15-9-8-10-18(29)3/h5-7,11-14,16,18H,4,8-10,15H2,1-3H3,(H,27,28,30)/t18-/m0/s1. The number of ether oxygens (including phenoxy) is 1. The number of hydrogen-bond acceptors (Lipinski definition) is 7. The molecule has 10 heteroatoms. The molecule has 2 aromatic carbocycles. The molecule has 1 atom stereocenters. The highest BCUT2D eigenvalue weighted by Gasteiger charge is 2.32. The largest absolute Gasteiger partial charge is 0.462 e. The van der Waals surface area contributed by atoms with Crippen LogP contribution in [0.3, 0.4) is 0 Å². The number of aromatic nitrogens is 1. The van der Waals surface area contributed by atoms with Gasteiger partial charge in [0, 0.05) is 23.7 Å². The lowest BCUT2D eigenvalue weighted by molar-refractivity contribution is 0.0532. The Morgan fingerprint density at radius 2 is 1.92 bits per heavy atom. The van der Waals surface area contributed by atoms with Gasteiger partial charge >= 0.3 is 5.97 Å². The van der Waals surface area contributed by atoms with Gasteiger partial charge < -0.3 is 4.74 Å². The van der Waals surface area contributed by atoms with Gasteiger partial charge in [0.2, 0.25) is 10.0 Å². The number of nitrogens with one attached hydrogen (secondary N) is 1. The molecular weight excluding hydrogens is 498 g/mol. The van der Waals surface area contributed by atoms with Crippen LogP contribution in [0.1, 0.15) is 58.7 Å². The minimum atomic E-state index is -3.73. The lowest BCUT2D eigenvalue weighted by Crippen LogP contribution is -2.42. The molecule has 0 radical (unpaired) electrons. The number of benzene rings is 2. The maximum atomic E-state index is 13.3. The van der Waals surface area contributed by atoms with Crippen molar-refractivity contribution in [3.8, 4) is 11.3 Å².